The largest absolute Gasteiger partial charge is 0.370 e. The number of aryl methyl sites for hydroxylation is 1. The Balaban J connectivity index is 1.59. The van der Waals surface area contributed by atoms with Gasteiger partial charge in [0.1, 0.15) is 5.82 Å². The minimum atomic E-state index is 0.855. The van der Waals surface area contributed by atoms with Crippen LogP contribution < -0.4 is 10.2 Å². The molecule has 2 heterocycles. The van der Waals surface area contributed by atoms with Gasteiger partial charge in [-0.15, -0.1) is 0 Å². The van der Waals surface area contributed by atoms with Gasteiger partial charge in [0.15, 0.2) is 0 Å². The number of benzene rings is 1. The molecule has 0 saturated carbocycles. The van der Waals surface area contributed by atoms with E-state index >= 15 is 0 Å². The van der Waals surface area contributed by atoms with E-state index in [1.807, 2.05) is 13.0 Å². The number of nitrogens with zero attached hydrogens (tertiary/aromatic N) is 4. The third-order valence-corrected chi connectivity index (χ3v) is 4.30. The van der Waals surface area contributed by atoms with Gasteiger partial charge in [-0.3, -0.25) is 4.90 Å². The lowest BCUT2D eigenvalue weighted by molar-refractivity contribution is 0.248. The number of hydrogen-bond acceptors (Lipinski definition) is 5. The average Bonchev–Trinajstić information content (AvgIpc) is 2.61. The van der Waals surface area contributed by atoms with Gasteiger partial charge in [-0.2, -0.15) is 4.98 Å². The van der Waals surface area contributed by atoms with Crippen LogP contribution in [0.25, 0.3) is 0 Å². The monoisotopic (exact) mass is 325 g/mol. The first-order valence-corrected chi connectivity index (χ1v) is 8.85. The Kier molecular flexibility index (Phi) is 5.64. The summed E-state index contributed by atoms with van der Waals surface area (Å²) in [5.74, 6) is 1.79. The van der Waals surface area contributed by atoms with E-state index in [0.29, 0.717) is 0 Å². The van der Waals surface area contributed by atoms with Crippen molar-refractivity contribution in [2.75, 3.05) is 42.9 Å². The van der Waals surface area contributed by atoms with Crippen molar-refractivity contribution in [2.24, 2.45) is 0 Å². The Morgan fingerprint density at radius 2 is 1.79 bits per heavy atom. The Hall–Kier alpha value is -2.14. The van der Waals surface area contributed by atoms with Crippen LogP contribution in [0.1, 0.15) is 24.6 Å². The molecular weight excluding hydrogens is 298 g/mol. The lowest BCUT2D eigenvalue weighted by Gasteiger charge is -2.35. The van der Waals surface area contributed by atoms with Gasteiger partial charge >= 0.3 is 0 Å². The first kappa shape index (κ1) is 16.7. The average molecular weight is 325 g/mol. The van der Waals surface area contributed by atoms with Crippen molar-refractivity contribution in [3.63, 3.8) is 0 Å². The number of hydrogen-bond donors (Lipinski definition) is 1. The van der Waals surface area contributed by atoms with Crippen LogP contribution in [0, 0.1) is 6.92 Å². The fourth-order valence-electron chi connectivity index (χ4n) is 2.99. The van der Waals surface area contributed by atoms with E-state index in [2.05, 4.69) is 62.3 Å². The SMILES string of the molecule is CCCNc1cc(C)nc(N2CCN(Cc3ccccc3)CC2)n1. The molecule has 0 aliphatic carbocycles. The van der Waals surface area contributed by atoms with Gasteiger partial charge in [-0.1, -0.05) is 37.3 Å². The van der Waals surface area contributed by atoms with E-state index < -0.39 is 0 Å². The second-order valence-corrected chi connectivity index (χ2v) is 6.37. The number of rotatable bonds is 6. The summed E-state index contributed by atoms with van der Waals surface area (Å²) in [5.41, 5.74) is 2.40. The summed E-state index contributed by atoms with van der Waals surface area (Å²) in [7, 11) is 0. The van der Waals surface area contributed by atoms with Crippen LogP contribution in [0.2, 0.25) is 0 Å². The summed E-state index contributed by atoms with van der Waals surface area (Å²) in [6.45, 7) is 10.2. The molecular formula is C19H27N5. The minimum Gasteiger partial charge on any atom is -0.370 e. The minimum absolute atomic E-state index is 0.855. The first-order valence-electron chi connectivity index (χ1n) is 8.85. The number of anilines is 2. The lowest BCUT2D eigenvalue weighted by atomic mass is 10.2. The molecule has 1 aliphatic rings. The molecule has 0 amide bonds. The van der Waals surface area contributed by atoms with Crippen molar-refractivity contribution in [3.05, 3.63) is 47.7 Å². The highest BCUT2D eigenvalue weighted by atomic mass is 15.3. The molecule has 0 radical (unpaired) electrons. The lowest BCUT2D eigenvalue weighted by Crippen LogP contribution is -2.46. The van der Waals surface area contributed by atoms with Crippen LogP contribution in [-0.4, -0.2) is 47.6 Å². The molecule has 0 spiro atoms. The van der Waals surface area contributed by atoms with Gasteiger partial charge in [-0.05, 0) is 18.9 Å². The highest BCUT2D eigenvalue weighted by molar-refractivity contribution is 5.44. The van der Waals surface area contributed by atoms with Crippen molar-refractivity contribution >= 4 is 11.8 Å². The molecule has 1 aromatic carbocycles. The molecule has 0 unspecified atom stereocenters. The van der Waals surface area contributed by atoms with Gasteiger partial charge in [0.2, 0.25) is 5.95 Å². The van der Waals surface area contributed by atoms with Gasteiger partial charge in [0.05, 0.1) is 0 Å². The van der Waals surface area contributed by atoms with Crippen LogP contribution in [0.5, 0.6) is 0 Å². The topological polar surface area (TPSA) is 44.3 Å². The molecule has 0 bridgehead atoms. The van der Waals surface area contributed by atoms with Crippen molar-refractivity contribution in [3.8, 4) is 0 Å². The highest BCUT2D eigenvalue weighted by Gasteiger charge is 2.19. The van der Waals surface area contributed by atoms with Gasteiger partial charge in [0.25, 0.3) is 0 Å². The van der Waals surface area contributed by atoms with E-state index in [0.717, 1.165) is 63.1 Å². The molecule has 128 valence electrons. The van der Waals surface area contributed by atoms with E-state index in [-0.39, 0.29) is 0 Å². The van der Waals surface area contributed by atoms with Crippen molar-refractivity contribution < 1.29 is 0 Å². The Bertz CT molecular complexity index is 635. The molecule has 1 N–H and O–H groups in total. The van der Waals surface area contributed by atoms with Gasteiger partial charge < -0.3 is 10.2 Å². The fraction of sp³-hybridized carbons (Fsp3) is 0.474. The molecule has 1 aromatic heterocycles. The molecule has 3 rings (SSSR count). The maximum atomic E-state index is 4.69. The van der Waals surface area contributed by atoms with Gasteiger partial charge in [-0.25, -0.2) is 4.98 Å². The van der Waals surface area contributed by atoms with Crippen molar-refractivity contribution in [2.45, 2.75) is 26.8 Å². The first-order chi connectivity index (χ1) is 11.7. The van der Waals surface area contributed by atoms with Crippen LogP contribution in [0.15, 0.2) is 36.4 Å². The number of piperazine rings is 1. The van der Waals surface area contributed by atoms with Crippen LogP contribution in [0.4, 0.5) is 11.8 Å². The maximum Gasteiger partial charge on any atom is 0.227 e. The van der Waals surface area contributed by atoms with Crippen molar-refractivity contribution in [1.82, 2.24) is 14.9 Å². The summed E-state index contributed by atoms with van der Waals surface area (Å²) in [4.78, 5) is 14.1. The van der Waals surface area contributed by atoms with E-state index in [9.17, 15) is 0 Å². The van der Waals surface area contributed by atoms with Crippen molar-refractivity contribution in [1.29, 1.82) is 0 Å². The smallest absolute Gasteiger partial charge is 0.227 e. The number of aromatic nitrogens is 2. The molecule has 2 aromatic rings. The van der Waals surface area contributed by atoms with Crippen LogP contribution in [-0.2, 0) is 6.54 Å². The predicted molar refractivity (Wildman–Crippen MR) is 99.5 cm³/mol. The van der Waals surface area contributed by atoms with Crippen LogP contribution >= 0.6 is 0 Å². The summed E-state index contributed by atoms with van der Waals surface area (Å²) in [6.07, 6.45) is 1.09. The second kappa shape index (κ2) is 8.11. The summed E-state index contributed by atoms with van der Waals surface area (Å²) in [5, 5.41) is 3.37. The molecule has 0 atom stereocenters. The molecule has 1 fully saturated rings. The Morgan fingerprint density at radius 1 is 1.04 bits per heavy atom. The molecule has 1 saturated heterocycles. The van der Waals surface area contributed by atoms with Crippen LogP contribution in [0.3, 0.4) is 0 Å². The normalized spacial score (nSPS) is 15.5. The molecule has 24 heavy (non-hydrogen) atoms. The highest BCUT2D eigenvalue weighted by Crippen LogP contribution is 2.16. The molecule has 5 nitrogen and oxygen atoms in total. The second-order valence-electron chi connectivity index (χ2n) is 6.37. The summed E-state index contributed by atoms with van der Waals surface area (Å²) < 4.78 is 0. The molecule has 1 aliphatic heterocycles. The van der Waals surface area contributed by atoms with E-state index in [1.54, 1.807) is 0 Å². The maximum absolute atomic E-state index is 4.69. The zero-order valence-corrected chi connectivity index (χ0v) is 14.7. The zero-order valence-electron chi connectivity index (χ0n) is 14.7. The Labute approximate surface area is 144 Å². The number of nitrogens with one attached hydrogen (secondary N) is 1. The van der Waals surface area contributed by atoms with Gasteiger partial charge in [0, 0.05) is 51.0 Å². The third-order valence-electron chi connectivity index (χ3n) is 4.30. The molecule has 5 heteroatoms. The van der Waals surface area contributed by atoms with E-state index in [1.165, 1.54) is 5.56 Å². The third kappa shape index (κ3) is 4.45. The summed E-state index contributed by atoms with van der Waals surface area (Å²) >= 11 is 0. The van der Waals surface area contributed by atoms with E-state index in [4.69, 9.17) is 0 Å². The zero-order chi connectivity index (χ0) is 16.8. The summed E-state index contributed by atoms with van der Waals surface area (Å²) in [6, 6.07) is 12.7. The quantitative estimate of drug-likeness (QED) is 0.885. The standard InChI is InChI=1S/C19H27N5/c1-3-9-20-18-14-16(2)21-19(22-18)24-12-10-23(11-13-24)15-17-7-5-4-6-8-17/h4-8,14H,3,9-13,15H2,1-2H3,(H,20,21,22). The predicted octanol–water partition coefficient (Wildman–Crippen LogP) is 2.93. The fourth-order valence-corrected chi connectivity index (χ4v) is 2.99. The Morgan fingerprint density at radius 3 is 2.50 bits per heavy atom.